The van der Waals surface area contributed by atoms with E-state index < -0.39 is 0 Å². The lowest BCUT2D eigenvalue weighted by Gasteiger charge is -2.26. The first-order valence-electron chi connectivity index (χ1n) is 9.80. The second kappa shape index (κ2) is 9.44. The Kier molecular flexibility index (Phi) is 6.28. The van der Waals surface area contributed by atoms with E-state index >= 15 is 0 Å². The average molecular weight is 395 g/mol. The van der Waals surface area contributed by atoms with Gasteiger partial charge in [0.25, 0.3) is 5.91 Å². The number of carbonyl (C=O) groups excluding carboxylic acids is 1. The van der Waals surface area contributed by atoms with Crippen molar-refractivity contribution >= 4 is 5.91 Å². The van der Waals surface area contributed by atoms with Crippen LogP contribution < -0.4 is 5.32 Å². The maximum atomic E-state index is 12.8. The lowest BCUT2D eigenvalue weighted by Crippen LogP contribution is -2.38. The van der Waals surface area contributed by atoms with Gasteiger partial charge in [0, 0.05) is 38.6 Å². The molecule has 4 rings (SSSR count). The summed E-state index contributed by atoms with van der Waals surface area (Å²) in [4.78, 5) is 19.2. The van der Waals surface area contributed by atoms with Crippen LogP contribution in [0, 0.1) is 0 Å². The number of ether oxygens (including phenoxy) is 1. The largest absolute Gasteiger partial charge is 0.379 e. The topological polar surface area (TPSA) is 90.1 Å². The third-order valence-corrected chi connectivity index (χ3v) is 4.98. The molecule has 1 fully saturated rings. The van der Waals surface area contributed by atoms with Crippen LogP contribution in [0.25, 0.3) is 0 Å². The first-order valence-corrected chi connectivity index (χ1v) is 9.80. The lowest BCUT2D eigenvalue weighted by molar-refractivity contribution is 0.0359. The average Bonchev–Trinajstić information content (AvgIpc) is 3.45. The van der Waals surface area contributed by atoms with E-state index in [4.69, 9.17) is 4.74 Å². The van der Waals surface area contributed by atoms with E-state index in [1.54, 1.807) is 23.4 Å². The molecule has 0 bridgehead atoms. The van der Waals surface area contributed by atoms with Crippen LogP contribution >= 0.6 is 0 Å². The summed E-state index contributed by atoms with van der Waals surface area (Å²) in [6.45, 7) is 5.52. The quantitative estimate of drug-likeness (QED) is 0.612. The molecule has 9 heteroatoms. The van der Waals surface area contributed by atoms with Crippen LogP contribution in [0.2, 0.25) is 0 Å². The van der Waals surface area contributed by atoms with Crippen molar-refractivity contribution < 1.29 is 9.53 Å². The number of aromatic nitrogens is 5. The Hall–Kier alpha value is -3.04. The molecule has 1 aliphatic rings. The molecule has 1 amide bonds. The monoisotopic (exact) mass is 395 g/mol. The summed E-state index contributed by atoms with van der Waals surface area (Å²) < 4.78 is 9.02. The Labute approximate surface area is 169 Å². The fourth-order valence-electron chi connectivity index (χ4n) is 3.34. The zero-order chi connectivity index (χ0) is 19.9. The smallest absolute Gasteiger partial charge is 0.274 e. The minimum atomic E-state index is -0.239. The Balaban J connectivity index is 1.39. The van der Waals surface area contributed by atoms with E-state index in [0.29, 0.717) is 18.8 Å². The predicted molar refractivity (Wildman–Crippen MR) is 106 cm³/mol. The first-order chi connectivity index (χ1) is 14.3. The van der Waals surface area contributed by atoms with Crippen LogP contribution in [-0.4, -0.2) is 68.2 Å². The van der Waals surface area contributed by atoms with E-state index in [-0.39, 0.29) is 11.9 Å². The number of imidazole rings is 1. The van der Waals surface area contributed by atoms with Gasteiger partial charge in [-0.3, -0.25) is 14.4 Å². The molecule has 152 valence electrons. The minimum absolute atomic E-state index is 0.198. The summed E-state index contributed by atoms with van der Waals surface area (Å²) in [5.74, 6) is -0.239. The fourth-order valence-corrected chi connectivity index (χ4v) is 3.34. The lowest BCUT2D eigenvalue weighted by atomic mass is 10.1. The van der Waals surface area contributed by atoms with Crippen molar-refractivity contribution in [3.63, 3.8) is 0 Å². The number of nitrogens with zero attached hydrogens (tertiary/aromatic N) is 6. The number of amides is 1. The number of hydrogen-bond acceptors (Lipinski definition) is 6. The predicted octanol–water partition coefficient (Wildman–Crippen LogP) is 0.978. The second-order valence-electron chi connectivity index (χ2n) is 7.02. The Morgan fingerprint density at radius 3 is 2.76 bits per heavy atom. The third-order valence-electron chi connectivity index (χ3n) is 4.98. The molecule has 3 heterocycles. The molecule has 1 atom stereocenters. The van der Waals surface area contributed by atoms with Crippen molar-refractivity contribution in [2.45, 2.75) is 19.1 Å². The van der Waals surface area contributed by atoms with Gasteiger partial charge >= 0.3 is 0 Å². The molecule has 1 unspecified atom stereocenters. The summed E-state index contributed by atoms with van der Waals surface area (Å²) in [6.07, 6.45) is 7.05. The van der Waals surface area contributed by atoms with Gasteiger partial charge in [-0.15, -0.1) is 5.10 Å². The van der Waals surface area contributed by atoms with E-state index in [0.717, 1.165) is 38.4 Å². The van der Waals surface area contributed by atoms with Crippen LogP contribution in [0.4, 0.5) is 0 Å². The molecule has 0 radical (unpaired) electrons. The van der Waals surface area contributed by atoms with Crippen molar-refractivity contribution in [3.05, 3.63) is 66.5 Å². The van der Waals surface area contributed by atoms with Crippen LogP contribution in [-0.2, 0) is 17.8 Å². The molecule has 1 saturated heterocycles. The third kappa shape index (κ3) is 5.27. The maximum absolute atomic E-state index is 12.8. The van der Waals surface area contributed by atoms with E-state index in [1.807, 2.05) is 41.1 Å². The van der Waals surface area contributed by atoms with E-state index in [9.17, 15) is 4.79 Å². The summed E-state index contributed by atoms with van der Waals surface area (Å²) >= 11 is 0. The van der Waals surface area contributed by atoms with E-state index in [1.165, 1.54) is 0 Å². The van der Waals surface area contributed by atoms with Gasteiger partial charge in [0.1, 0.15) is 0 Å². The summed E-state index contributed by atoms with van der Waals surface area (Å²) in [7, 11) is 0. The Morgan fingerprint density at radius 1 is 1.17 bits per heavy atom. The minimum Gasteiger partial charge on any atom is -0.379 e. The van der Waals surface area contributed by atoms with Crippen LogP contribution in [0.15, 0.2) is 55.2 Å². The van der Waals surface area contributed by atoms with Crippen LogP contribution in [0.5, 0.6) is 0 Å². The molecular formula is C20H25N7O2. The molecule has 2 aromatic heterocycles. The van der Waals surface area contributed by atoms with Crippen molar-refractivity contribution in [2.75, 3.05) is 32.8 Å². The van der Waals surface area contributed by atoms with Gasteiger partial charge in [0.15, 0.2) is 5.69 Å². The standard InChI is InChI=1S/C20H25N7O2/c28-20(19-15-27(24-23-19)9-8-25-10-12-29-13-11-25)22-18(14-26-7-6-21-16-26)17-4-2-1-3-5-17/h1-7,15-16,18H,8-14H2,(H,22,28). The van der Waals surface area contributed by atoms with Crippen molar-refractivity contribution in [1.29, 1.82) is 0 Å². The molecule has 1 aromatic carbocycles. The first kappa shape index (κ1) is 19.3. The Morgan fingerprint density at radius 2 is 2.00 bits per heavy atom. The van der Waals surface area contributed by atoms with Gasteiger partial charge in [0.2, 0.25) is 0 Å². The molecule has 9 nitrogen and oxygen atoms in total. The van der Waals surface area contributed by atoms with E-state index in [2.05, 4.69) is 25.5 Å². The zero-order valence-corrected chi connectivity index (χ0v) is 16.2. The molecule has 1 aliphatic heterocycles. The molecule has 29 heavy (non-hydrogen) atoms. The molecule has 0 spiro atoms. The summed E-state index contributed by atoms with van der Waals surface area (Å²) in [5, 5.41) is 11.2. The van der Waals surface area contributed by atoms with Crippen molar-refractivity contribution in [1.82, 2.24) is 34.8 Å². The highest BCUT2D eigenvalue weighted by Crippen LogP contribution is 2.15. The number of carbonyl (C=O) groups is 1. The highest BCUT2D eigenvalue weighted by molar-refractivity contribution is 5.92. The SMILES string of the molecule is O=C(NC(Cn1ccnc1)c1ccccc1)c1cn(CCN2CCOCC2)nn1. The number of morpholine rings is 1. The highest BCUT2D eigenvalue weighted by atomic mass is 16.5. The number of hydrogen-bond donors (Lipinski definition) is 1. The van der Waals surface area contributed by atoms with Crippen LogP contribution in [0.1, 0.15) is 22.1 Å². The highest BCUT2D eigenvalue weighted by Gasteiger charge is 2.19. The number of benzene rings is 1. The van der Waals surface area contributed by atoms with Gasteiger partial charge in [-0.05, 0) is 5.56 Å². The molecule has 0 saturated carbocycles. The summed E-state index contributed by atoms with van der Waals surface area (Å²) in [6, 6.07) is 9.69. The van der Waals surface area contributed by atoms with Crippen LogP contribution in [0.3, 0.4) is 0 Å². The number of nitrogens with one attached hydrogen (secondary N) is 1. The fraction of sp³-hybridized carbons (Fsp3) is 0.400. The Bertz CT molecular complexity index is 889. The maximum Gasteiger partial charge on any atom is 0.274 e. The number of rotatable bonds is 8. The van der Waals surface area contributed by atoms with Crippen molar-refractivity contribution in [3.8, 4) is 0 Å². The second-order valence-corrected chi connectivity index (χ2v) is 7.02. The van der Waals surface area contributed by atoms with Gasteiger partial charge in [-0.2, -0.15) is 0 Å². The molecular weight excluding hydrogens is 370 g/mol. The molecule has 3 aromatic rings. The van der Waals surface area contributed by atoms with Gasteiger partial charge < -0.3 is 14.6 Å². The van der Waals surface area contributed by atoms with Gasteiger partial charge in [-0.1, -0.05) is 35.5 Å². The normalized spacial score (nSPS) is 15.9. The van der Waals surface area contributed by atoms with Crippen molar-refractivity contribution in [2.24, 2.45) is 0 Å². The van der Waals surface area contributed by atoms with Gasteiger partial charge in [0.05, 0.1) is 38.3 Å². The van der Waals surface area contributed by atoms with Gasteiger partial charge in [-0.25, -0.2) is 4.98 Å². The zero-order valence-electron chi connectivity index (χ0n) is 16.2. The molecule has 0 aliphatic carbocycles. The summed E-state index contributed by atoms with van der Waals surface area (Å²) in [5.41, 5.74) is 1.34. The molecule has 1 N–H and O–H groups in total.